The molecule has 0 saturated carbocycles. The van der Waals surface area contributed by atoms with Crippen molar-refractivity contribution in [2.24, 2.45) is 0 Å². The van der Waals surface area contributed by atoms with Crippen molar-refractivity contribution in [3.63, 3.8) is 0 Å². The molecular formula is C12H14N2O3. The Morgan fingerprint density at radius 3 is 3.00 bits per heavy atom. The van der Waals surface area contributed by atoms with E-state index in [-0.39, 0.29) is 11.8 Å². The van der Waals surface area contributed by atoms with Crippen LogP contribution >= 0.6 is 0 Å². The zero-order valence-electron chi connectivity index (χ0n) is 9.74. The molecule has 90 valence electrons. The molecule has 0 spiro atoms. The van der Waals surface area contributed by atoms with Crippen LogP contribution in [0.1, 0.15) is 25.3 Å². The zero-order valence-corrected chi connectivity index (χ0v) is 9.74. The average Bonchev–Trinajstić information content (AvgIpc) is 2.56. The summed E-state index contributed by atoms with van der Waals surface area (Å²) in [5.41, 5.74) is 2.33. The van der Waals surface area contributed by atoms with E-state index in [0.29, 0.717) is 12.3 Å². The summed E-state index contributed by atoms with van der Waals surface area (Å²) in [6.07, 6.45) is -0.489. The van der Waals surface area contributed by atoms with Gasteiger partial charge in [-0.1, -0.05) is 0 Å². The van der Waals surface area contributed by atoms with Crippen molar-refractivity contribution in [3.8, 4) is 0 Å². The SMILES string of the molecule is CCOC(=O)Nc1ccc2c(c1)C(C)C(=O)N2. The molecular weight excluding hydrogens is 220 g/mol. The minimum atomic E-state index is -0.489. The van der Waals surface area contributed by atoms with Crippen molar-refractivity contribution in [1.29, 1.82) is 0 Å². The van der Waals surface area contributed by atoms with Gasteiger partial charge in [0.1, 0.15) is 0 Å². The fourth-order valence-electron chi connectivity index (χ4n) is 1.78. The first-order chi connectivity index (χ1) is 8.11. The van der Waals surface area contributed by atoms with Crippen molar-refractivity contribution < 1.29 is 14.3 Å². The Hall–Kier alpha value is -2.04. The Morgan fingerprint density at radius 1 is 1.53 bits per heavy atom. The highest BCUT2D eigenvalue weighted by atomic mass is 16.5. The monoisotopic (exact) mass is 234 g/mol. The number of ether oxygens (including phenoxy) is 1. The maximum atomic E-state index is 11.4. The van der Waals surface area contributed by atoms with Crippen LogP contribution in [0.25, 0.3) is 0 Å². The summed E-state index contributed by atoms with van der Waals surface area (Å²) >= 11 is 0. The molecule has 1 aliphatic rings. The number of nitrogens with one attached hydrogen (secondary N) is 2. The minimum absolute atomic E-state index is 0.0201. The van der Waals surface area contributed by atoms with Crippen LogP contribution in [0.3, 0.4) is 0 Å². The fourth-order valence-corrected chi connectivity index (χ4v) is 1.78. The van der Waals surface area contributed by atoms with E-state index in [0.717, 1.165) is 11.3 Å². The van der Waals surface area contributed by atoms with Crippen LogP contribution in [0.2, 0.25) is 0 Å². The summed E-state index contributed by atoms with van der Waals surface area (Å²) in [5.74, 6) is -0.206. The summed E-state index contributed by atoms with van der Waals surface area (Å²) in [7, 11) is 0. The van der Waals surface area contributed by atoms with Gasteiger partial charge >= 0.3 is 6.09 Å². The average molecular weight is 234 g/mol. The third kappa shape index (κ3) is 2.22. The molecule has 0 aliphatic carbocycles. The zero-order chi connectivity index (χ0) is 12.4. The molecule has 0 aromatic heterocycles. The first-order valence-corrected chi connectivity index (χ1v) is 5.50. The summed E-state index contributed by atoms with van der Waals surface area (Å²) in [5, 5.41) is 5.38. The van der Waals surface area contributed by atoms with E-state index < -0.39 is 6.09 Å². The third-order valence-electron chi connectivity index (χ3n) is 2.69. The third-order valence-corrected chi connectivity index (χ3v) is 2.69. The molecule has 1 aromatic rings. The number of rotatable bonds is 2. The molecule has 0 bridgehead atoms. The van der Waals surface area contributed by atoms with E-state index in [1.165, 1.54) is 0 Å². The van der Waals surface area contributed by atoms with Crippen molar-refractivity contribution in [1.82, 2.24) is 0 Å². The number of benzene rings is 1. The Balaban J connectivity index is 2.18. The molecule has 0 fully saturated rings. The lowest BCUT2D eigenvalue weighted by molar-refractivity contribution is -0.116. The number of carbonyl (C=O) groups is 2. The van der Waals surface area contributed by atoms with Crippen LogP contribution in [0, 0.1) is 0 Å². The van der Waals surface area contributed by atoms with E-state index >= 15 is 0 Å². The number of hydrogen-bond acceptors (Lipinski definition) is 3. The van der Waals surface area contributed by atoms with E-state index in [2.05, 4.69) is 10.6 Å². The number of amides is 2. The topological polar surface area (TPSA) is 67.4 Å². The minimum Gasteiger partial charge on any atom is -0.450 e. The summed E-state index contributed by atoms with van der Waals surface area (Å²) in [6, 6.07) is 5.29. The first kappa shape index (κ1) is 11.4. The van der Waals surface area contributed by atoms with Crippen molar-refractivity contribution in [3.05, 3.63) is 23.8 Å². The molecule has 1 unspecified atom stereocenters. The highest BCUT2D eigenvalue weighted by molar-refractivity contribution is 6.03. The molecule has 1 aliphatic heterocycles. The largest absolute Gasteiger partial charge is 0.450 e. The number of hydrogen-bond donors (Lipinski definition) is 2. The number of carbonyl (C=O) groups excluding carboxylic acids is 2. The fraction of sp³-hybridized carbons (Fsp3) is 0.333. The Kier molecular flexibility index (Phi) is 2.99. The molecule has 1 heterocycles. The van der Waals surface area contributed by atoms with Crippen LogP contribution in [-0.4, -0.2) is 18.6 Å². The van der Waals surface area contributed by atoms with E-state index in [1.807, 2.05) is 6.92 Å². The van der Waals surface area contributed by atoms with Crippen molar-refractivity contribution >= 4 is 23.4 Å². The van der Waals surface area contributed by atoms with Crippen molar-refractivity contribution in [2.45, 2.75) is 19.8 Å². The molecule has 1 atom stereocenters. The maximum absolute atomic E-state index is 11.4. The second-order valence-electron chi connectivity index (χ2n) is 3.86. The molecule has 1 aromatic carbocycles. The van der Waals surface area contributed by atoms with Crippen LogP contribution < -0.4 is 10.6 Å². The molecule has 0 radical (unpaired) electrons. The molecule has 2 rings (SSSR count). The van der Waals surface area contributed by atoms with Gasteiger partial charge in [0, 0.05) is 11.4 Å². The van der Waals surface area contributed by atoms with Gasteiger partial charge in [0.2, 0.25) is 5.91 Å². The summed E-state index contributed by atoms with van der Waals surface area (Å²) < 4.78 is 4.78. The van der Waals surface area contributed by atoms with Gasteiger partial charge in [-0.2, -0.15) is 0 Å². The summed E-state index contributed by atoms with van der Waals surface area (Å²) in [6.45, 7) is 3.90. The van der Waals surface area contributed by atoms with E-state index in [4.69, 9.17) is 4.74 Å². The lowest BCUT2D eigenvalue weighted by Gasteiger charge is -2.07. The van der Waals surface area contributed by atoms with Crippen LogP contribution in [0.15, 0.2) is 18.2 Å². The maximum Gasteiger partial charge on any atom is 0.411 e. The molecule has 2 amide bonds. The Labute approximate surface area is 99.2 Å². The van der Waals surface area contributed by atoms with Crippen LogP contribution in [0.4, 0.5) is 16.2 Å². The quantitative estimate of drug-likeness (QED) is 0.825. The second-order valence-corrected chi connectivity index (χ2v) is 3.86. The van der Waals surface area contributed by atoms with E-state index in [1.54, 1.807) is 25.1 Å². The predicted octanol–water partition coefficient (Wildman–Crippen LogP) is 2.31. The lowest BCUT2D eigenvalue weighted by atomic mass is 10.0. The van der Waals surface area contributed by atoms with Crippen molar-refractivity contribution in [2.75, 3.05) is 17.2 Å². The van der Waals surface area contributed by atoms with Crippen LogP contribution in [0.5, 0.6) is 0 Å². The number of fused-ring (bicyclic) bond motifs is 1. The molecule has 2 N–H and O–H groups in total. The second kappa shape index (κ2) is 4.45. The standard InChI is InChI=1S/C12H14N2O3/c1-3-17-12(16)13-8-4-5-10-9(6-8)7(2)11(15)14-10/h4-7H,3H2,1-2H3,(H,13,16)(H,14,15). The Bertz CT molecular complexity index is 471. The predicted molar refractivity (Wildman–Crippen MR) is 64.1 cm³/mol. The highest BCUT2D eigenvalue weighted by Crippen LogP contribution is 2.33. The Morgan fingerprint density at radius 2 is 2.29 bits per heavy atom. The van der Waals surface area contributed by atoms with Gasteiger partial charge in [-0.25, -0.2) is 4.79 Å². The van der Waals surface area contributed by atoms with Gasteiger partial charge in [-0.15, -0.1) is 0 Å². The highest BCUT2D eigenvalue weighted by Gasteiger charge is 2.26. The van der Waals surface area contributed by atoms with Gasteiger partial charge in [0.25, 0.3) is 0 Å². The van der Waals surface area contributed by atoms with Gasteiger partial charge in [-0.05, 0) is 37.6 Å². The molecule has 5 nitrogen and oxygen atoms in total. The first-order valence-electron chi connectivity index (χ1n) is 5.50. The number of anilines is 2. The molecule has 0 saturated heterocycles. The molecule has 5 heteroatoms. The smallest absolute Gasteiger partial charge is 0.411 e. The normalized spacial score (nSPS) is 17.3. The van der Waals surface area contributed by atoms with Gasteiger partial charge < -0.3 is 10.1 Å². The van der Waals surface area contributed by atoms with E-state index in [9.17, 15) is 9.59 Å². The van der Waals surface area contributed by atoms with Gasteiger partial charge in [-0.3, -0.25) is 10.1 Å². The van der Waals surface area contributed by atoms with Crippen LogP contribution in [-0.2, 0) is 9.53 Å². The van der Waals surface area contributed by atoms with Gasteiger partial charge in [0.05, 0.1) is 12.5 Å². The lowest BCUT2D eigenvalue weighted by Crippen LogP contribution is -2.13. The molecule has 17 heavy (non-hydrogen) atoms. The van der Waals surface area contributed by atoms with Gasteiger partial charge in [0.15, 0.2) is 0 Å². The summed E-state index contributed by atoms with van der Waals surface area (Å²) in [4.78, 5) is 22.7.